The van der Waals surface area contributed by atoms with E-state index in [1.807, 2.05) is 19.9 Å². The maximum Gasteiger partial charge on any atom is 0.336 e. The number of thiazole rings is 1. The van der Waals surface area contributed by atoms with Crippen molar-refractivity contribution in [3.05, 3.63) is 39.9 Å². The van der Waals surface area contributed by atoms with Crippen molar-refractivity contribution >= 4 is 28.1 Å². The summed E-state index contributed by atoms with van der Waals surface area (Å²) >= 11 is 1.56. The third-order valence-electron chi connectivity index (χ3n) is 2.83. The highest BCUT2D eigenvalue weighted by atomic mass is 32.1. The number of rotatable bonds is 3. The Labute approximate surface area is 109 Å². The molecule has 0 aliphatic carbocycles. The van der Waals surface area contributed by atoms with E-state index in [1.54, 1.807) is 30.4 Å². The van der Waals surface area contributed by atoms with Crippen LogP contribution in [0.25, 0.3) is 0 Å². The fraction of sp³-hybridized carbons (Fsp3) is 0.231. The van der Waals surface area contributed by atoms with E-state index in [-0.39, 0.29) is 0 Å². The molecule has 2 N–H and O–H groups in total. The minimum Gasteiger partial charge on any atom is -0.478 e. The molecule has 0 amide bonds. The van der Waals surface area contributed by atoms with Gasteiger partial charge in [0.25, 0.3) is 0 Å². The van der Waals surface area contributed by atoms with Crippen LogP contribution in [0.2, 0.25) is 0 Å². The Balaban J connectivity index is 2.35. The molecule has 1 aromatic heterocycles. The van der Waals surface area contributed by atoms with Crippen LogP contribution in [0.15, 0.2) is 18.2 Å². The van der Waals surface area contributed by atoms with Gasteiger partial charge in [0.2, 0.25) is 0 Å². The van der Waals surface area contributed by atoms with Crippen LogP contribution in [0.5, 0.6) is 0 Å². The number of anilines is 2. The monoisotopic (exact) mass is 262 g/mol. The van der Waals surface area contributed by atoms with Gasteiger partial charge in [-0.2, -0.15) is 0 Å². The Hall–Kier alpha value is -1.88. The Morgan fingerprint density at radius 1 is 1.33 bits per heavy atom. The molecule has 5 heteroatoms. The maximum absolute atomic E-state index is 11.0. The number of nitrogens with zero attached hydrogens (tertiary/aromatic N) is 1. The number of aromatic nitrogens is 1. The highest BCUT2D eigenvalue weighted by Crippen LogP contribution is 2.27. The van der Waals surface area contributed by atoms with Crippen LogP contribution in [0.3, 0.4) is 0 Å². The number of carboxylic acids is 1. The number of nitrogens with one attached hydrogen (secondary N) is 1. The van der Waals surface area contributed by atoms with Crippen molar-refractivity contribution in [1.82, 2.24) is 4.98 Å². The van der Waals surface area contributed by atoms with Crippen LogP contribution in [0.1, 0.15) is 26.5 Å². The molecule has 0 aliphatic rings. The molecular weight excluding hydrogens is 248 g/mol. The van der Waals surface area contributed by atoms with Crippen LogP contribution in [-0.2, 0) is 0 Å². The quantitative estimate of drug-likeness (QED) is 0.888. The predicted molar refractivity (Wildman–Crippen MR) is 73.0 cm³/mol. The minimum absolute atomic E-state index is 0.310. The molecule has 1 heterocycles. The Morgan fingerprint density at radius 3 is 2.61 bits per heavy atom. The van der Waals surface area contributed by atoms with Crippen molar-refractivity contribution in [2.24, 2.45) is 0 Å². The predicted octanol–water partition coefficient (Wildman–Crippen LogP) is 3.51. The van der Waals surface area contributed by atoms with E-state index in [4.69, 9.17) is 5.11 Å². The summed E-state index contributed by atoms with van der Waals surface area (Å²) in [6.07, 6.45) is 0. The third-order valence-corrected chi connectivity index (χ3v) is 3.82. The number of hydrogen-bond donors (Lipinski definition) is 2. The Bertz CT molecular complexity index is 586. The topological polar surface area (TPSA) is 62.2 Å². The van der Waals surface area contributed by atoms with E-state index >= 15 is 0 Å². The molecule has 0 fully saturated rings. The number of aryl methyl sites for hydroxylation is 2. The van der Waals surface area contributed by atoms with Crippen molar-refractivity contribution in [2.45, 2.75) is 20.8 Å². The molecule has 0 saturated carbocycles. The molecule has 0 saturated heterocycles. The smallest absolute Gasteiger partial charge is 0.336 e. The summed E-state index contributed by atoms with van der Waals surface area (Å²) in [5, 5.41) is 13.0. The largest absolute Gasteiger partial charge is 0.478 e. The molecule has 0 radical (unpaired) electrons. The molecule has 0 bridgehead atoms. The molecule has 0 unspecified atom stereocenters. The van der Waals surface area contributed by atoms with Gasteiger partial charge < -0.3 is 10.4 Å². The standard InChI is InChI=1S/C13H14N2O2S/c1-7-10(12(16)17)5-4-6-11(7)15-13-14-8(2)9(3)18-13/h4-6H,1-3H3,(H,14,15)(H,16,17). The van der Waals surface area contributed by atoms with Crippen molar-refractivity contribution in [2.75, 3.05) is 5.32 Å². The lowest BCUT2D eigenvalue weighted by molar-refractivity contribution is 0.0696. The second-order valence-corrected chi connectivity index (χ2v) is 5.27. The zero-order chi connectivity index (χ0) is 13.3. The van der Waals surface area contributed by atoms with E-state index < -0.39 is 5.97 Å². The average Bonchev–Trinajstić information content (AvgIpc) is 2.60. The normalized spacial score (nSPS) is 10.4. The zero-order valence-corrected chi connectivity index (χ0v) is 11.3. The van der Waals surface area contributed by atoms with Gasteiger partial charge in [0.1, 0.15) is 0 Å². The van der Waals surface area contributed by atoms with Gasteiger partial charge in [0.15, 0.2) is 5.13 Å². The summed E-state index contributed by atoms with van der Waals surface area (Å²) in [6, 6.07) is 5.18. The Kier molecular flexibility index (Phi) is 3.34. The first-order chi connectivity index (χ1) is 8.49. The minimum atomic E-state index is -0.914. The van der Waals surface area contributed by atoms with Gasteiger partial charge in [0, 0.05) is 10.6 Å². The van der Waals surface area contributed by atoms with E-state index in [0.29, 0.717) is 5.56 Å². The van der Waals surface area contributed by atoms with Crippen LogP contribution in [0, 0.1) is 20.8 Å². The molecule has 18 heavy (non-hydrogen) atoms. The molecule has 0 atom stereocenters. The molecule has 4 nitrogen and oxygen atoms in total. The van der Waals surface area contributed by atoms with Crippen LogP contribution >= 0.6 is 11.3 Å². The first kappa shape index (κ1) is 12.6. The number of aromatic carboxylic acids is 1. The van der Waals surface area contributed by atoms with Gasteiger partial charge in [-0.15, -0.1) is 11.3 Å². The number of carbonyl (C=O) groups is 1. The lowest BCUT2D eigenvalue weighted by Crippen LogP contribution is -2.02. The van der Waals surface area contributed by atoms with Gasteiger partial charge in [-0.25, -0.2) is 9.78 Å². The molecule has 94 valence electrons. The summed E-state index contributed by atoms with van der Waals surface area (Å²) in [7, 11) is 0. The summed E-state index contributed by atoms with van der Waals surface area (Å²) < 4.78 is 0. The second kappa shape index (κ2) is 4.78. The summed E-state index contributed by atoms with van der Waals surface area (Å²) in [6.45, 7) is 5.76. The van der Waals surface area contributed by atoms with Gasteiger partial charge in [-0.3, -0.25) is 0 Å². The first-order valence-corrected chi connectivity index (χ1v) is 6.34. The summed E-state index contributed by atoms with van der Waals surface area (Å²) in [5.74, 6) is -0.914. The maximum atomic E-state index is 11.0. The van der Waals surface area contributed by atoms with Crippen molar-refractivity contribution in [1.29, 1.82) is 0 Å². The van der Waals surface area contributed by atoms with Gasteiger partial charge in [-0.05, 0) is 38.5 Å². The lowest BCUT2D eigenvalue weighted by Gasteiger charge is -2.08. The van der Waals surface area contributed by atoms with Crippen molar-refractivity contribution in [3.8, 4) is 0 Å². The second-order valence-electron chi connectivity index (χ2n) is 4.07. The number of carboxylic acid groups (broad SMARTS) is 1. The molecular formula is C13H14N2O2S. The van der Waals surface area contributed by atoms with E-state index in [2.05, 4.69) is 10.3 Å². The molecule has 2 rings (SSSR count). The zero-order valence-electron chi connectivity index (χ0n) is 10.4. The van der Waals surface area contributed by atoms with Crippen molar-refractivity contribution in [3.63, 3.8) is 0 Å². The lowest BCUT2D eigenvalue weighted by atomic mass is 10.1. The van der Waals surface area contributed by atoms with Gasteiger partial charge in [0.05, 0.1) is 11.3 Å². The van der Waals surface area contributed by atoms with E-state index in [1.165, 1.54) is 0 Å². The fourth-order valence-corrected chi connectivity index (χ4v) is 2.47. The average molecular weight is 262 g/mol. The highest BCUT2D eigenvalue weighted by Gasteiger charge is 2.11. The van der Waals surface area contributed by atoms with Crippen LogP contribution in [-0.4, -0.2) is 16.1 Å². The van der Waals surface area contributed by atoms with Gasteiger partial charge in [-0.1, -0.05) is 6.07 Å². The van der Waals surface area contributed by atoms with E-state index in [0.717, 1.165) is 27.0 Å². The summed E-state index contributed by atoms with van der Waals surface area (Å²) in [5.41, 5.74) is 2.80. The third kappa shape index (κ3) is 2.36. The Morgan fingerprint density at radius 2 is 2.06 bits per heavy atom. The fourth-order valence-electron chi connectivity index (χ4n) is 1.64. The number of hydrogen-bond acceptors (Lipinski definition) is 4. The number of benzene rings is 1. The molecule has 1 aromatic carbocycles. The summed E-state index contributed by atoms with van der Waals surface area (Å²) in [4.78, 5) is 16.6. The van der Waals surface area contributed by atoms with E-state index in [9.17, 15) is 4.79 Å². The molecule has 0 spiro atoms. The van der Waals surface area contributed by atoms with Gasteiger partial charge >= 0.3 is 5.97 Å². The van der Waals surface area contributed by atoms with Crippen LogP contribution in [0.4, 0.5) is 10.8 Å². The molecule has 2 aromatic rings. The van der Waals surface area contributed by atoms with Crippen molar-refractivity contribution < 1.29 is 9.90 Å². The molecule has 0 aliphatic heterocycles. The first-order valence-electron chi connectivity index (χ1n) is 5.53. The van der Waals surface area contributed by atoms with Crippen LogP contribution < -0.4 is 5.32 Å². The SMILES string of the molecule is Cc1nc(Nc2cccc(C(=O)O)c2C)sc1C. The highest BCUT2D eigenvalue weighted by molar-refractivity contribution is 7.15.